The van der Waals surface area contributed by atoms with Crippen molar-refractivity contribution in [3.05, 3.63) is 63.1 Å². The third kappa shape index (κ3) is 4.87. The van der Waals surface area contributed by atoms with Crippen molar-refractivity contribution in [1.82, 2.24) is 0 Å². The summed E-state index contributed by atoms with van der Waals surface area (Å²) in [6, 6.07) is 13.5. The van der Waals surface area contributed by atoms with Gasteiger partial charge in [-0.1, -0.05) is 40.9 Å². The molecule has 2 aromatic carbocycles. The van der Waals surface area contributed by atoms with E-state index < -0.39 is 0 Å². The van der Waals surface area contributed by atoms with Crippen molar-refractivity contribution in [2.45, 2.75) is 17.4 Å². The fourth-order valence-electron chi connectivity index (χ4n) is 1.76. The van der Waals surface area contributed by atoms with E-state index in [9.17, 15) is 0 Å². The van der Waals surface area contributed by atoms with Crippen LogP contribution in [0.25, 0.3) is 0 Å². The van der Waals surface area contributed by atoms with E-state index >= 15 is 0 Å². The first kappa shape index (κ1) is 16.0. The van der Waals surface area contributed by atoms with Crippen molar-refractivity contribution in [3.63, 3.8) is 0 Å². The largest absolute Gasteiger partial charge is 0.327 e. The van der Waals surface area contributed by atoms with Gasteiger partial charge in [0.05, 0.1) is 10.0 Å². The first-order valence-corrected chi connectivity index (χ1v) is 8.24. The molecule has 5 heteroatoms. The first-order chi connectivity index (χ1) is 9.54. The van der Waals surface area contributed by atoms with Crippen LogP contribution >= 0.6 is 46.6 Å². The Morgan fingerprint density at radius 1 is 0.950 bits per heavy atom. The summed E-state index contributed by atoms with van der Waals surface area (Å²) in [5.74, 6) is 0.835. The number of nitrogens with two attached hydrogens (primary N) is 1. The topological polar surface area (TPSA) is 26.0 Å². The van der Waals surface area contributed by atoms with Gasteiger partial charge in [-0.05, 0) is 48.4 Å². The summed E-state index contributed by atoms with van der Waals surface area (Å²) in [4.78, 5) is 1.17. The Kier molecular flexibility index (Phi) is 6.06. The Morgan fingerprint density at radius 3 is 2.30 bits per heavy atom. The summed E-state index contributed by atoms with van der Waals surface area (Å²) in [6.07, 6.45) is 0.775. The van der Waals surface area contributed by atoms with E-state index in [1.165, 1.54) is 4.90 Å². The van der Waals surface area contributed by atoms with Crippen LogP contribution in [0, 0.1) is 0 Å². The van der Waals surface area contributed by atoms with Gasteiger partial charge >= 0.3 is 0 Å². The van der Waals surface area contributed by atoms with Gasteiger partial charge in [0, 0.05) is 21.7 Å². The molecule has 1 unspecified atom stereocenters. The zero-order valence-electron chi connectivity index (χ0n) is 10.7. The van der Waals surface area contributed by atoms with Crippen molar-refractivity contribution in [1.29, 1.82) is 0 Å². The van der Waals surface area contributed by atoms with Crippen molar-refractivity contribution in [3.8, 4) is 0 Å². The van der Waals surface area contributed by atoms with Crippen LogP contribution in [0.2, 0.25) is 15.1 Å². The number of benzene rings is 2. The zero-order valence-corrected chi connectivity index (χ0v) is 13.7. The van der Waals surface area contributed by atoms with Crippen LogP contribution in [0.15, 0.2) is 47.4 Å². The number of halogens is 3. The van der Waals surface area contributed by atoms with E-state index in [1.54, 1.807) is 17.8 Å². The Labute approximate surface area is 138 Å². The van der Waals surface area contributed by atoms with Gasteiger partial charge in [-0.15, -0.1) is 11.8 Å². The van der Waals surface area contributed by atoms with Crippen molar-refractivity contribution in [2.24, 2.45) is 5.73 Å². The van der Waals surface area contributed by atoms with Gasteiger partial charge in [0.25, 0.3) is 0 Å². The minimum absolute atomic E-state index is 0.0629. The van der Waals surface area contributed by atoms with Crippen LogP contribution in [-0.4, -0.2) is 11.8 Å². The summed E-state index contributed by atoms with van der Waals surface area (Å²) in [6.45, 7) is 0. The highest BCUT2D eigenvalue weighted by atomic mass is 35.5. The molecule has 0 aliphatic rings. The number of thioether (sulfide) groups is 1. The maximum atomic E-state index is 6.15. The molecule has 2 N–H and O–H groups in total. The molecule has 0 fully saturated rings. The molecule has 0 aliphatic heterocycles. The molecule has 0 aliphatic carbocycles. The number of hydrogen-bond donors (Lipinski definition) is 1. The van der Waals surface area contributed by atoms with E-state index in [1.807, 2.05) is 36.4 Å². The number of rotatable bonds is 5. The van der Waals surface area contributed by atoms with E-state index in [2.05, 4.69) is 0 Å². The smallest absolute Gasteiger partial charge is 0.0595 e. The van der Waals surface area contributed by atoms with Gasteiger partial charge < -0.3 is 5.73 Å². The Hall–Kier alpha value is -0.380. The summed E-state index contributed by atoms with van der Waals surface area (Å²) in [5, 5.41) is 1.88. The highest BCUT2D eigenvalue weighted by Crippen LogP contribution is 2.24. The molecule has 1 atom stereocenters. The summed E-state index contributed by atoms with van der Waals surface area (Å²) in [5.41, 5.74) is 7.25. The molecule has 0 radical (unpaired) electrons. The number of hydrogen-bond acceptors (Lipinski definition) is 2. The van der Waals surface area contributed by atoms with Crippen LogP contribution in [0.5, 0.6) is 0 Å². The average Bonchev–Trinajstić information content (AvgIpc) is 2.42. The van der Waals surface area contributed by atoms with Crippen LogP contribution in [-0.2, 0) is 6.42 Å². The lowest BCUT2D eigenvalue weighted by atomic mass is 10.1. The summed E-state index contributed by atoms with van der Waals surface area (Å²) in [7, 11) is 0. The molecule has 0 saturated carbocycles. The van der Waals surface area contributed by atoms with E-state index in [4.69, 9.17) is 40.5 Å². The maximum absolute atomic E-state index is 6.15. The molecule has 0 bridgehead atoms. The van der Waals surface area contributed by atoms with E-state index in [0.717, 1.165) is 22.8 Å². The standard InChI is InChI=1S/C15H14Cl3NS/c16-11-2-4-13(5-3-11)20-9-12(19)7-10-1-6-14(17)15(18)8-10/h1-6,8,12H,7,9,19H2. The van der Waals surface area contributed by atoms with Gasteiger partial charge in [0.2, 0.25) is 0 Å². The van der Waals surface area contributed by atoms with Gasteiger partial charge in [0.1, 0.15) is 0 Å². The fraction of sp³-hybridized carbons (Fsp3) is 0.200. The first-order valence-electron chi connectivity index (χ1n) is 6.12. The molecule has 0 spiro atoms. The average molecular weight is 347 g/mol. The fourth-order valence-corrected chi connectivity index (χ4v) is 3.06. The molecule has 0 aromatic heterocycles. The third-order valence-electron chi connectivity index (χ3n) is 2.76. The van der Waals surface area contributed by atoms with Gasteiger partial charge in [-0.2, -0.15) is 0 Å². The Morgan fingerprint density at radius 2 is 1.65 bits per heavy atom. The lowest BCUT2D eigenvalue weighted by Crippen LogP contribution is -2.25. The summed E-state index contributed by atoms with van der Waals surface area (Å²) < 4.78 is 0. The van der Waals surface area contributed by atoms with Gasteiger partial charge in [0.15, 0.2) is 0 Å². The highest BCUT2D eigenvalue weighted by Gasteiger charge is 2.07. The molecule has 0 amide bonds. The predicted octanol–water partition coefficient (Wildman–Crippen LogP) is 5.31. The minimum Gasteiger partial charge on any atom is -0.327 e. The molecule has 0 saturated heterocycles. The lowest BCUT2D eigenvalue weighted by Gasteiger charge is -2.12. The molecular weight excluding hydrogens is 333 g/mol. The molecule has 2 rings (SSSR count). The van der Waals surface area contributed by atoms with Crippen molar-refractivity contribution < 1.29 is 0 Å². The summed E-state index contributed by atoms with van der Waals surface area (Å²) >= 11 is 19.5. The molecule has 20 heavy (non-hydrogen) atoms. The monoisotopic (exact) mass is 345 g/mol. The second kappa shape index (κ2) is 7.58. The molecule has 106 valence electrons. The third-order valence-corrected chi connectivity index (χ3v) is 4.95. The molecule has 0 heterocycles. The Bertz CT molecular complexity index is 572. The zero-order chi connectivity index (χ0) is 14.5. The van der Waals surface area contributed by atoms with Crippen LogP contribution in [0.3, 0.4) is 0 Å². The van der Waals surface area contributed by atoms with Crippen LogP contribution in [0.1, 0.15) is 5.56 Å². The minimum atomic E-state index is 0.0629. The quantitative estimate of drug-likeness (QED) is 0.743. The highest BCUT2D eigenvalue weighted by molar-refractivity contribution is 7.99. The van der Waals surface area contributed by atoms with Crippen LogP contribution < -0.4 is 5.73 Å². The van der Waals surface area contributed by atoms with E-state index in [-0.39, 0.29) is 6.04 Å². The second-order valence-electron chi connectivity index (χ2n) is 4.48. The SMILES string of the molecule is NC(CSc1ccc(Cl)cc1)Cc1ccc(Cl)c(Cl)c1. The van der Waals surface area contributed by atoms with Gasteiger partial charge in [-0.3, -0.25) is 0 Å². The lowest BCUT2D eigenvalue weighted by molar-refractivity contribution is 0.749. The maximum Gasteiger partial charge on any atom is 0.0595 e. The Balaban J connectivity index is 1.87. The molecule has 2 aromatic rings. The van der Waals surface area contributed by atoms with Gasteiger partial charge in [-0.25, -0.2) is 0 Å². The van der Waals surface area contributed by atoms with Crippen molar-refractivity contribution >= 4 is 46.6 Å². The van der Waals surface area contributed by atoms with Crippen molar-refractivity contribution in [2.75, 3.05) is 5.75 Å². The normalized spacial score (nSPS) is 12.4. The predicted molar refractivity (Wildman–Crippen MR) is 90.3 cm³/mol. The molecular formula is C15H14Cl3NS. The second-order valence-corrected chi connectivity index (χ2v) is 6.82. The molecule has 1 nitrogen and oxygen atoms in total. The van der Waals surface area contributed by atoms with Crippen LogP contribution in [0.4, 0.5) is 0 Å². The van der Waals surface area contributed by atoms with E-state index in [0.29, 0.717) is 10.0 Å².